The minimum Gasteiger partial charge on any atom is -0.480 e. The SMILES string of the molecule is Cc1n[nH]c(C)c1CC(=O)NCc1cn(CC(=O)O)nn1. The van der Waals surface area contributed by atoms with Crippen molar-refractivity contribution in [3.63, 3.8) is 0 Å². The van der Waals surface area contributed by atoms with E-state index in [0.29, 0.717) is 5.69 Å². The van der Waals surface area contributed by atoms with E-state index in [1.54, 1.807) is 0 Å². The fraction of sp³-hybridized carbons (Fsp3) is 0.417. The second-order valence-corrected chi connectivity index (χ2v) is 4.67. The molecule has 0 bridgehead atoms. The Labute approximate surface area is 120 Å². The average molecular weight is 292 g/mol. The molecule has 0 saturated heterocycles. The largest absolute Gasteiger partial charge is 0.480 e. The third-order valence-electron chi connectivity index (χ3n) is 2.97. The Kier molecular flexibility index (Phi) is 4.31. The Morgan fingerprint density at radius 3 is 2.81 bits per heavy atom. The number of carbonyl (C=O) groups excluding carboxylic acids is 1. The van der Waals surface area contributed by atoms with Gasteiger partial charge in [-0.2, -0.15) is 5.10 Å². The van der Waals surface area contributed by atoms with Crippen LogP contribution >= 0.6 is 0 Å². The van der Waals surface area contributed by atoms with Crippen molar-refractivity contribution in [3.05, 3.63) is 28.8 Å². The molecule has 0 atom stereocenters. The number of nitrogens with one attached hydrogen (secondary N) is 2. The summed E-state index contributed by atoms with van der Waals surface area (Å²) >= 11 is 0. The van der Waals surface area contributed by atoms with Gasteiger partial charge in [0, 0.05) is 11.3 Å². The Hall–Kier alpha value is -2.71. The van der Waals surface area contributed by atoms with Gasteiger partial charge in [-0.25, -0.2) is 4.68 Å². The van der Waals surface area contributed by atoms with Crippen LogP contribution < -0.4 is 5.32 Å². The van der Waals surface area contributed by atoms with Crippen molar-refractivity contribution in [2.45, 2.75) is 33.4 Å². The fourth-order valence-electron chi connectivity index (χ4n) is 1.88. The van der Waals surface area contributed by atoms with Gasteiger partial charge in [0.05, 0.1) is 24.9 Å². The number of carboxylic acid groups (broad SMARTS) is 1. The minimum absolute atomic E-state index is 0.157. The Morgan fingerprint density at radius 2 is 2.19 bits per heavy atom. The van der Waals surface area contributed by atoms with Gasteiger partial charge >= 0.3 is 5.97 Å². The van der Waals surface area contributed by atoms with Gasteiger partial charge in [0.1, 0.15) is 12.2 Å². The van der Waals surface area contributed by atoms with E-state index in [0.717, 1.165) is 17.0 Å². The molecule has 9 nitrogen and oxygen atoms in total. The number of nitrogens with zero attached hydrogens (tertiary/aromatic N) is 4. The standard InChI is InChI=1S/C12H16N6O3/c1-7-10(8(2)15-14-7)3-11(19)13-4-9-5-18(17-16-9)6-12(20)21/h5H,3-4,6H2,1-2H3,(H,13,19)(H,14,15)(H,20,21). The monoisotopic (exact) mass is 292 g/mol. The number of aliphatic carboxylic acids is 1. The molecule has 1 amide bonds. The molecule has 112 valence electrons. The summed E-state index contributed by atoms with van der Waals surface area (Å²) in [6.07, 6.45) is 1.72. The third-order valence-corrected chi connectivity index (χ3v) is 2.97. The fourth-order valence-corrected chi connectivity index (χ4v) is 1.88. The first-order valence-electron chi connectivity index (χ1n) is 6.33. The Balaban J connectivity index is 1.86. The molecule has 0 radical (unpaired) electrons. The summed E-state index contributed by atoms with van der Waals surface area (Å²) in [4.78, 5) is 22.4. The van der Waals surface area contributed by atoms with E-state index in [1.807, 2.05) is 13.8 Å². The quantitative estimate of drug-likeness (QED) is 0.662. The van der Waals surface area contributed by atoms with Crippen LogP contribution in [0.4, 0.5) is 0 Å². The molecule has 0 saturated carbocycles. The summed E-state index contributed by atoms with van der Waals surface area (Å²) in [5, 5.41) is 25.6. The van der Waals surface area contributed by atoms with E-state index >= 15 is 0 Å². The van der Waals surface area contributed by atoms with E-state index in [1.165, 1.54) is 10.9 Å². The molecule has 3 N–H and O–H groups in total. The molecular formula is C12H16N6O3. The van der Waals surface area contributed by atoms with Crippen LogP contribution in [0.5, 0.6) is 0 Å². The first kappa shape index (κ1) is 14.7. The van der Waals surface area contributed by atoms with Crippen molar-refractivity contribution in [1.29, 1.82) is 0 Å². The number of rotatable bonds is 6. The molecule has 0 aliphatic rings. The lowest BCUT2D eigenvalue weighted by Crippen LogP contribution is -2.25. The lowest BCUT2D eigenvalue weighted by Gasteiger charge is -2.03. The zero-order chi connectivity index (χ0) is 15.4. The number of hydrogen-bond donors (Lipinski definition) is 3. The van der Waals surface area contributed by atoms with Crippen molar-refractivity contribution in [2.24, 2.45) is 0 Å². The maximum absolute atomic E-state index is 11.9. The third kappa shape index (κ3) is 3.88. The van der Waals surface area contributed by atoms with Gasteiger partial charge < -0.3 is 10.4 Å². The molecule has 2 heterocycles. The van der Waals surface area contributed by atoms with Crippen molar-refractivity contribution >= 4 is 11.9 Å². The van der Waals surface area contributed by atoms with Gasteiger partial charge in [0.15, 0.2) is 0 Å². The number of amides is 1. The van der Waals surface area contributed by atoms with E-state index in [4.69, 9.17) is 5.11 Å². The summed E-state index contributed by atoms with van der Waals surface area (Å²) in [6.45, 7) is 3.65. The summed E-state index contributed by atoms with van der Waals surface area (Å²) in [5.41, 5.74) is 3.05. The topological polar surface area (TPSA) is 126 Å². The number of hydrogen-bond acceptors (Lipinski definition) is 5. The maximum Gasteiger partial charge on any atom is 0.325 e. The molecule has 21 heavy (non-hydrogen) atoms. The number of H-pyrrole nitrogens is 1. The van der Waals surface area contributed by atoms with Crippen LogP contribution in [-0.2, 0) is 29.1 Å². The normalized spacial score (nSPS) is 10.6. The second-order valence-electron chi connectivity index (χ2n) is 4.67. The Bertz CT molecular complexity index is 640. The molecule has 0 aliphatic heterocycles. The molecule has 0 aliphatic carbocycles. The molecule has 0 aromatic carbocycles. The van der Waals surface area contributed by atoms with Gasteiger partial charge in [-0.3, -0.25) is 14.7 Å². The van der Waals surface area contributed by atoms with Crippen LogP contribution in [0.15, 0.2) is 6.20 Å². The molecule has 0 unspecified atom stereocenters. The number of aromatic nitrogens is 5. The van der Waals surface area contributed by atoms with Crippen LogP contribution in [0.25, 0.3) is 0 Å². The van der Waals surface area contributed by atoms with E-state index in [2.05, 4.69) is 25.8 Å². The van der Waals surface area contributed by atoms with E-state index in [9.17, 15) is 9.59 Å². The predicted molar refractivity (Wildman–Crippen MR) is 71.3 cm³/mol. The lowest BCUT2D eigenvalue weighted by atomic mass is 10.1. The van der Waals surface area contributed by atoms with E-state index < -0.39 is 5.97 Å². The molecular weight excluding hydrogens is 276 g/mol. The molecule has 9 heteroatoms. The van der Waals surface area contributed by atoms with Gasteiger partial charge in [0.2, 0.25) is 5.91 Å². The van der Waals surface area contributed by atoms with Crippen LogP contribution in [0, 0.1) is 13.8 Å². The smallest absolute Gasteiger partial charge is 0.325 e. The molecule has 0 spiro atoms. The number of aromatic amines is 1. The minimum atomic E-state index is -0.999. The Morgan fingerprint density at radius 1 is 1.43 bits per heavy atom. The van der Waals surface area contributed by atoms with Crippen molar-refractivity contribution < 1.29 is 14.7 Å². The molecule has 2 aromatic heterocycles. The van der Waals surface area contributed by atoms with Gasteiger partial charge in [-0.15, -0.1) is 5.10 Å². The molecule has 2 aromatic rings. The van der Waals surface area contributed by atoms with Crippen LogP contribution in [-0.4, -0.2) is 42.2 Å². The molecule has 0 fully saturated rings. The summed E-state index contributed by atoms with van der Waals surface area (Å²) in [6, 6.07) is 0. The highest BCUT2D eigenvalue weighted by atomic mass is 16.4. The van der Waals surface area contributed by atoms with Crippen molar-refractivity contribution in [1.82, 2.24) is 30.5 Å². The second kappa shape index (κ2) is 6.16. The maximum atomic E-state index is 11.9. The summed E-state index contributed by atoms with van der Waals surface area (Å²) in [7, 11) is 0. The van der Waals surface area contributed by atoms with E-state index in [-0.39, 0.29) is 25.4 Å². The zero-order valence-electron chi connectivity index (χ0n) is 11.8. The van der Waals surface area contributed by atoms with Crippen LogP contribution in [0.1, 0.15) is 22.6 Å². The van der Waals surface area contributed by atoms with Crippen LogP contribution in [0.2, 0.25) is 0 Å². The first-order chi connectivity index (χ1) is 9.95. The highest BCUT2D eigenvalue weighted by Crippen LogP contribution is 2.09. The van der Waals surface area contributed by atoms with Gasteiger partial charge in [0.25, 0.3) is 0 Å². The van der Waals surface area contributed by atoms with Gasteiger partial charge in [-0.05, 0) is 13.8 Å². The van der Waals surface area contributed by atoms with Crippen molar-refractivity contribution in [2.75, 3.05) is 0 Å². The lowest BCUT2D eigenvalue weighted by molar-refractivity contribution is -0.138. The summed E-state index contributed by atoms with van der Waals surface area (Å²) < 4.78 is 1.20. The predicted octanol–water partition coefficient (Wildman–Crippen LogP) is -0.438. The summed E-state index contributed by atoms with van der Waals surface area (Å²) in [5.74, 6) is -1.16. The molecule has 2 rings (SSSR count). The van der Waals surface area contributed by atoms with Crippen LogP contribution in [0.3, 0.4) is 0 Å². The first-order valence-corrected chi connectivity index (χ1v) is 6.33. The average Bonchev–Trinajstić information content (AvgIpc) is 2.97. The van der Waals surface area contributed by atoms with Crippen molar-refractivity contribution in [3.8, 4) is 0 Å². The number of carboxylic acids is 1. The number of aryl methyl sites for hydroxylation is 2. The zero-order valence-corrected chi connectivity index (χ0v) is 11.8. The number of carbonyl (C=O) groups is 2. The highest BCUT2D eigenvalue weighted by molar-refractivity contribution is 5.79. The van der Waals surface area contributed by atoms with Gasteiger partial charge in [-0.1, -0.05) is 5.21 Å². The highest BCUT2D eigenvalue weighted by Gasteiger charge is 2.12.